The Bertz CT molecular complexity index is 1220. The first kappa shape index (κ1) is 20.9. The second kappa shape index (κ2) is 8.43. The molecule has 3 aromatic rings. The summed E-state index contributed by atoms with van der Waals surface area (Å²) in [6, 6.07) is 21.6. The largest absolute Gasteiger partial charge is 0.491 e. The molecule has 0 saturated carbocycles. The number of fused-ring (bicyclic) bond motifs is 3. The minimum absolute atomic E-state index is 0.0529. The fraction of sp³-hybridized carbons (Fsp3) is 0.208. The Kier molecular flexibility index (Phi) is 5.69. The molecule has 0 unspecified atom stereocenters. The van der Waals surface area contributed by atoms with Crippen molar-refractivity contribution >= 4 is 21.6 Å². The maximum Gasteiger partial charge on any atom is 0.265 e. The lowest BCUT2D eigenvalue weighted by Crippen LogP contribution is -2.42. The van der Waals surface area contributed by atoms with Crippen LogP contribution in [0.25, 0.3) is 11.1 Å². The first-order chi connectivity index (χ1) is 14.9. The van der Waals surface area contributed by atoms with E-state index in [1.807, 2.05) is 56.3 Å². The van der Waals surface area contributed by atoms with Crippen LogP contribution in [0.4, 0.5) is 5.69 Å². The Morgan fingerprint density at radius 3 is 2.45 bits per heavy atom. The van der Waals surface area contributed by atoms with Gasteiger partial charge < -0.3 is 10.1 Å². The van der Waals surface area contributed by atoms with Crippen molar-refractivity contribution in [2.24, 2.45) is 0 Å². The Hall–Kier alpha value is -3.32. The van der Waals surface area contributed by atoms with Crippen molar-refractivity contribution in [1.29, 1.82) is 0 Å². The van der Waals surface area contributed by atoms with Crippen molar-refractivity contribution in [3.8, 4) is 16.9 Å². The van der Waals surface area contributed by atoms with Gasteiger partial charge >= 0.3 is 0 Å². The highest BCUT2D eigenvalue weighted by atomic mass is 32.2. The van der Waals surface area contributed by atoms with Gasteiger partial charge in [-0.15, -0.1) is 0 Å². The van der Waals surface area contributed by atoms with E-state index in [0.717, 1.165) is 16.9 Å². The summed E-state index contributed by atoms with van der Waals surface area (Å²) in [5, 5.41) is 2.82. The molecule has 0 aliphatic carbocycles. The van der Waals surface area contributed by atoms with Gasteiger partial charge in [0, 0.05) is 17.7 Å². The summed E-state index contributed by atoms with van der Waals surface area (Å²) in [7, 11) is -3.84. The number of rotatable bonds is 6. The third-order valence-corrected chi connectivity index (χ3v) is 6.78. The highest BCUT2D eigenvalue weighted by Gasteiger charge is 2.35. The molecule has 1 heterocycles. The molecule has 7 heteroatoms. The van der Waals surface area contributed by atoms with E-state index in [-0.39, 0.29) is 30.0 Å². The van der Waals surface area contributed by atoms with Gasteiger partial charge in [-0.2, -0.15) is 0 Å². The number of anilines is 1. The van der Waals surface area contributed by atoms with Gasteiger partial charge in [0.2, 0.25) is 5.91 Å². The van der Waals surface area contributed by atoms with E-state index in [1.54, 1.807) is 30.3 Å². The van der Waals surface area contributed by atoms with Crippen LogP contribution in [-0.4, -0.2) is 27.0 Å². The molecule has 31 heavy (non-hydrogen) atoms. The van der Waals surface area contributed by atoms with Gasteiger partial charge in [-0.1, -0.05) is 48.5 Å². The zero-order valence-electron chi connectivity index (χ0n) is 17.4. The number of para-hydroxylation sites is 1. The molecule has 0 aromatic heterocycles. The van der Waals surface area contributed by atoms with E-state index in [4.69, 9.17) is 4.74 Å². The molecule has 6 nitrogen and oxygen atoms in total. The smallest absolute Gasteiger partial charge is 0.265 e. The Morgan fingerprint density at radius 1 is 0.968 bits per heavy atom. The molecule has 0 saturated heterocycles. The second-order valence-corrected chi connectivity index (χ2v) is 9.45. The van der Waals surface area contributed by atoms with Gasteiger partial charge in [0.1, 0.15) is 12.3 Å². The second-order valence-electron chi connectivity index (χ2n) is 7.62. The molecule has 1 amide bonds. The minimum Gasteiger partial charge on any atom is -0.491 e. The fourth-order valence-electron chi connectivity index (χ4n) is 3.64. The average Bonchev–Trinajstić information content (AvgIpc) is 2.75. The molecule has 1 aliphatic rings. The van der Waals surface area contributed by atoms with Gasteiger partial charge in [-0.3, -0.25) is 9.10 Å². The fourth-order valence-corrected chi connectivity index (χ4v) is 5.29. The first-order valence-electron chi connectivity index (χ1n) is 10.1. The molecule has 0 radical (unpaired) electrons. The zero-order chi connectivity index (χ0) is 22.0. The van der Waals surface area contributed by atoms with Crippen LogP contribution in [0.15, 0.2) is 77.7 Å². The lowest BCUT2D eigenvalue weighted by molar-refractivity contribution is -0.119. The number of hydrogen-bond donors (Lipinski definition) is 1. The number of sulfonamides is 1. The predicted octanol–water partition coefficient (Wildman–Crippen LogP) is 3.97. The molecule has 1 aliphatic heterocycles. The number of ether oxygens (including phenoxy) is 1. The normalized spacial score (nSPS) is 14.0. The molecule has 3 aromatic carbocycles. The monoisotopic (exact) mass is 436 g/mol. The quantitative estimate of drug-likeness (QED) is 0.635. The summed E-state index contributed by atoms with van der Waals surface area (Å²) in [6.07, 6.45) is 0.0529. The van der Waals surface area contributed by atoms with Gasteiger partial charge in [0.15, 0.2) is 0 Å². The summed E-state index contributed by atoms with van der Waals surface area (Å²) in [4.78, 5) is 12.9. The van der Waals surface area contributed by atoms with Crippen LogP contribution in [0.1, 0.15) is 19.4 Å². The summed E-state index contributed by atoms with van der Waals surface area (Å²) >= 11 is 0. The van der Waals surface area contributed by atoms with Crippen molar-refractivity contribution in [1.82, 2.24) is 5.32 Å². The number of carbonyl (C=O) groups is 1. The van der Waals surface area contributed by atoms with Crippen molar-refractivity contribution < 1.29 is 17.9 Å². The highest BCUT2D eigenvalue weighted by Crippen LogP contribution is 2.42. The molecular formula is C24H24N2O4S. The number of nitrogens with zero attached hydrogens (tertiary/aromatic N) is 1. The maximum atomic E-state index is 13.3. The third-order valence-electron chi connectivity index (χ3n) is 4.97. The highest BCUT2D eigenvalue weighted by molar-refractivity contribution is 7.93. The molecule has 0 atom stereocenters. The predicted molar refractivity (Wildman–Crippen MR) is 120 cm³/mol. The van der Waals surface area contributed by atoms with Crippen LogP contribution in [-0.2, 0) is 21.4 Å². The van der Waals surface area contributed by atoms with E-state index in [0.29, 0.717) is 11.3 Å². The summed E-state index contributed by atoms with van der Waals surface area (Å²) in [6.45, 7) is 3.88. The van der Waals surface area contributed by atoms with E-state index < -0.39 is 10.0 Å². The number of hydrogen-bond acceptors (Lipinski definition) is 4. The van der Waals surface area contributed by atoms with Gasteiger partial charge in [-0.05, 0) is 43.7 Å². The Balaban J connectivity index is 1.53. The molecule has 1 N–H and O–H groups in total. The summed E-state index contributed by atoms with van der Waals surface area (Å²) < 4.78 is 33.4. The van der Waals surface area contributed by atoms with E-state index in [9.17, 15) is 13.2 Å². The molecule has 0 bridgehead atoms. The lowest BCUT2D eigenvalue weighted by Gasteiger charge is -2.31. The SMILES string of the molecule is CC(C)Oc1cccc(CNC(=O)CN2c3ccccc3-c3ccccc3S2(=O)=O)c1. The van der Waals surface area contributed by atoms with E-state index in [2.05, 4.69) is 5.32 Å². The summed E-state index contributed by atoms with van der Waals surface area (Å²) in [5.74, 6) is 0.346. The van der Waals surface area contributed by atoms with E-state index >= 15 is 0 Å². The third kappa shape index (κ3) is 4.27. The topological polar surface area (TPSA) is 75.7 Å². The number of amides is 1. The van der Waals surface area contributed by atoms with Crippen molar-refractivity contribution in [2.45, 2.75) is 31.4 Å². The molecule has 4 rings (SSSR count). The van der Waals surface area contributed by atoms with E-state index in [1.165, 1.54) is 4.31 Å². The zero-order valence-corrected chi connectivity index (χ0v) is 18.2. The molecule has 0 spiro atoms. The van der Waals surface area contributed by atoms with Crippen LogP contribution in [0.3, 0.4) is 0 Å². The molecule has 0 fully saturated rings. The number of carbonyl (C=O) groups excluding carboxylic acids is 1. The first-order valence-corrected chi connectivity index (χ1v) is 11.5. The van der Waals surface area contributed by atoms with Crippen LogP contribution < -0.4 is 14.4 Å². The number of benzene rings is 3. The van der Waals surface area contributed by atoms with Gasteiger partial charge in [-0.25, -0.2) is 8.42 Å². The molecule has 160 valence electrons. The van der Waals surface area contributed by atoms with Crippen LogP contribution in [0.5, 0.6) is 5.75 Å². The Morgan fingerprint density at radius 2 is 1.68 bits per heavy atom. The Labute approximate surface area is 182 Å². The van der Waals surface area contributed by atoms with Crippen molar-refractivity contribution in [3.63, 3.8) is 0 Å². The standard InChI is InChI=1S/C24H24N2O4S/c1-17(2)30-19-9-7-8-18(14-19)15-25-24(27)16-26-22-12-5-3-10-20(22)21-11-4-6-13-23(21)31(26,28)29/h3-14,17H,15-16H2,1-2H3,(H,25,27). The van der Waals surface area contributed by atoms with Crippen molar-refractivity contribution in [2.75, 3.05) is 10.8 Å². The average molecular weight is 437 g/mol. The minimum atomic E-state index is -3.84. The molecular weight excluding hydrogens is 412 g/mol. The van der Waals surface area contributed by atoms with Crippen LogP contribution in [0.2, 0.25) is 0 Å². The summed E-state index contributed by atoms with van der Waals surface area (Å²) in [5.41, 5.74) is 2.82. The van der Waals surface area contributed by atoms with Crippen LogP contribution >= 0.6 is 0 Å². The van der Waals surface area contributed by atoms with Crippen LogP contribution in [0, 0.1) is 0 Å². The lowest BCUT2D eigenvalue weighted by atomic mass is 10.0. The maximum absolute atomic E-state index is 13.3. The number of nitrogens with one attached hydrogen (secondary N) is 1. The van der Waals surface area contributed by atoms with Gasteiger partial charge in [0.25, 0.3) is 10.0 Å². The van der Waals surface area contributed by atoms with Gasteiger partial charge in [0.05, 0.1) is 16.7 Å². The van der Waals surface area contributed by atoms with Crippen molar-refractivity contribution in [3.05, 3.63) is 78.4 Å².